The summed E-state index contributed by atoms with van der Waals surface area (Å²) in [6.45, 7) is 2.26. The molecule has 2 heterocycles. The van der Waals surface area contributed by atoms with Crippen LogP contribution in [0.25, 0.3) is 10.8 Å². The molecule has 0 radical (unpaired) electrons. The van der Waals surface area contributed by atoms with Crippen molar-refractivity contribution in [1.82, 2.24) is 9.88 Å². The highest BCUT2D eigenvalue weighted by Gasteiger charge is 2.20. The van der Waals surface area contributed by atoms with Crippen LogP contribution < -0.4 is 11.3 Å². The number of nitrogens with one attached hydrogen (secondary N) is 1. The molecule has 2 aromatic rings. The number of carbonyl (C=O) groups is 1. The molecule has 3 N–H and O–H groups in total. The molecule has 5 nitrogen and oxygen atoms in total. The number of nitrogens with zero attached hydrogens (tertiary/aromatic N) is 1. The molecule has 0 saturated carbocycles. The molecule has 0 bridgehead atoms. The first-order valence-corrected chi connectivity index (χ1v) is 6.83. The lowest BCUT2D eigenvalue weighted by Gasteiger charge is -2.15. The highest BCUT2D eigenvalue weighted by atomic mass is 16.1. The van der Waals surface area contributed by atoms with Gasteiger partial charge < -0.3 is 10.7 Å². The van der Waals surface area contributed by atoms with Gasteiger partial charge in [-0.1, -0.05) is 18.2 Å². The van der Waals surface area contributed by atoms with Crippen LogP contribution in [0, 0.1) is 0 Å². The number of nitrogens with two attached hydrogens (primary N) is 1. The van der Waals surface area contributed by atoms with Crippen molar-refractivity contribution in [2.24, 2.45) is 0 Å². The summed E-state index contributed by atoms with van der Waals surface area (Å²) < 4.78 is 0. The second kappa shape index (κ2) is 5.09. The maximum absolute atomic E-state index is 12.5. The predicted molar refractivity (Wildman–Crippen MR) is 79.0 cm³/mol. The van der Waals surface area contributed by atoms with Gasteiger partial charge in [0.25, 0.3) is 5.56 Å². The normalized spacial score (nSPS) is 15.8. The van der Waals surface area contributed by atoms with Crippen LogP contribution in [-0.4, -0.2) is 35.3 Å². The number of fused-ring (bicyclic) bond motifs is 1. The molecular weight excluding hydrogens is 254 g/mol. The summed E-state index contributed by atoms with van der Waals surface area (Å²) in [5.41, 5.74) is 6.05. The second-order valence-electron chi connectivity index (χ2n) is 5.19. The van der Waals surface area contributed by atoms with Crippen LogP contribution in [0.15, 0.2) is 29.1 Å². The zero-order chi connectivity index (χ0) is 14.1. The minimum absolute atomic E-state index is 0.0307. The van der Waals surface area contributed by atoms with Crippen LogP contribution in [0.1, 0.15) is 23.2 Å². The van der Waals surface area contributed by atoms with Gasteiger partial charge in [0.15, 0.2) is 5.78 Å². The number of nitrogen functional groups attached to an aromatic ring is 1. The molecular formula is C15H17N3O2. The van der Waals surface area contributed by atoms with Crippen molar-refractivity contribution < 1.29 is 4.79 Å². The largest absolute Gasteiger partial charge is 0.385 e. The van der Waals surface area contributed by atoms with Crippen LogP contribution in [-0.2, 0) is 0 Å². The summed E-state index contributed by atoms with van der Waals surface area (Å²) in [5.74, 6) is 0.134. The molecule has 1 aliphatic heterocycles. The van der Waals surface area contributed by atoms with E-state index in [1.807, 2.05) is 6.07 Å². The lowest BCUT2D eigenvalue weighted by atomic mass is 10.0. The number of hydrogen-bond acceptors (Lipinski definition) is 4. The van der Waals surface area contributed by atoms with Gasteiger partial charge in [0, 0.05) is 10.8 Å². The first-order chi connectivity index (χ1) is 9.66. The van der Waals surface area contributed by atoms with E-state index in [9.17, 15) is 9.59 Å². The van der Waals surface area contributed by atoms with Crippen LogP contribution in [0.3, 0.4) is 0 Å². The molecule has 1 aliphatic rings. The molecule has 1 aromatic heterocycles. The number of aromatic nitrogens is 1. The minimum Gasteiger partial charge on any atom is -0.385 e. The van der Waals surface area contributed by atoms with Crippen molar-refractivity contribution in [2.75, 3.05) is 25.4 Å². The summed E-state index contributed by atoms with van der Waals surface area (Å²) in [6.07, 6.45) is 2.27. The van der Waals surface area contributed by atoms with Gasteiger partial charge in [-0.2, -0.15) is 0 Å². The van der Waals surface area contributed by atoms with Crippen LogP contribution in [0.2, 0.25) is 0 Å². The van der Waals surface area contributed by atoms with Crippen molar-refractivity contribution in [3.05, 3.63) is 40.2 Å². The van der Waals surface area contributed by atoms with Gasteiger partial charge in [-0.15, -0.1) is 0 Å². The summed E-state index contributed by atoms with van der Waals surface area (Å²) >= 11 is 0. The van der Waals surface area contributed by atoms with Crippen molar-refractivity contribution in [3.8, 4) is 0 Å². The summed E-state index contributed by atoms with van der Waals surface area (Å²) in [6, 6.07) is 7.08. The van der Waals surface area contributed by atoms with Gasteiger partial charge in [0.2, 0.25) is 0 Å². The van der Waals surface area contributed by atoms with Crippen LogP contribution in [0.5, 0.6) is 0 Å². The lowest BCUT2D eigenvalue weighted by Crippen LogP contribution is -2.28. The molecule has 0 amide bonds. The van der Waals surface area contributed by atoms with E-state index in [0.717, 1.165) is 25.9 Å². The quantitative estimate of drug-likeness (QED) is 0.827. The minimum atomic E-state index is -0.254. The number of benzene rings is 1. The topological polar surface area (TPSA) is 79.2 Å². The third kappa shape index (κ3) is 2.20. The Balaban J connectivity index is 2.06. The van der Waals surface area contributed by atoms with Crippen molar-refractivity contribution in [2.45, 2.75) is 12.8 Å². The van der Waals surface area contributed by atoms with Crippen LogP contribution in [0.4, 0.5) is 5.82 Å². The van der Waals surface area contributed by atoms with Gasteiger partial charge in [-0.05, 0) is 32.0 Å². The molecule has 1 saturated heterocycles. The lowest BCUT2D eigenvalue weighted by molar-refractivity contribution is 0.0947. The molecule has 0 unspecified atom stereocenters. The Morgan fingerprint density at radius 1 is 1.20 bits per heavy atom. The van der Waals surface area contributed by atoms with E-state index in [2.05, 4.69) is 9.88 Å². The summed E-state index contributed by atoms with van der Waals surface area (Å²) in [4.78, 5) is 29.1. The number of hydrogen-bond donors (Lipinski definition) is 2. The van der Waals surface area contributed by atoms with E-state index in [1.165, 1.54) is 0 Å². The number of aromatic amines is 1. The van der Waals surface area contributed by atoms with Gasteiger partial charge in [-0.3, -0.25) is 14.5 Å². The predicted octanol–water partition coefficient (Wildman–Crippen LogP) is 1.39. The third-order valence-corrected chi connectivity index (χ3v) is 3.80. The number of Topliss-reactive ketones (excluding diaryl/α,β-unsaturated/α-hetero) is 1. The molecule has 0 aliphatic carbocycles. The third-order valence-electron chi connectivity index (χ3n) is 3.80. The van der Waals surface area contributed by atoms with E-state index >= 15 is 0 Å². The Morgan fingerprint density at radius 3 is 2.55 bits per heavy atom. The molecule has 3 rings (SSSR count). The van der Waals surface area contributed by atoms with E-state index < -0.39 is 0 Å². The Hall–Kier alpha value is -2.14. The van der Waals surface area contributed by atoms with E-state index in [-0.39, 0.29) is 17.2 Å². The van der Waals surface area contributed by atoms with Crippen molar-refractivity contribution in [1.29, 1.82) is 0 Å². The Labute approximate surface area is 116 Å². The molecule has 0 spiro atoms. The molecule has 104 valence electrons. The highest BCUT2D eigenvalue weighted by Crippen LogP contribution is 2.21. The van der Waals surface area contributed by atoms with E-state index in [1.54, 1.807) is 18.2 Å². The van der Waals surface area contributed by atoms with Gasteiger partial charge >= 0.3 is 0 Å². The van der Waals surface area contributed by atoms with E-state index in [0.29, 0.717) is 22.9 Å². The van der Waals surface area contributed by atoms with Crippen molar-refractivity contribution >= 4 is 22.4 Å². The number of ketones is 1. The number of carbonyl (C=O) groups excluding carboxylic acids is 1. The average molecular weight is 271 g/mol. The maximum atomic E-state index is 12.5. The van der Waals surface area contributed by atoms with E-state index in [4.69, 9.17) is 5.73 Å². The Morgan fingerprint density at radius 2 is 1.85 bits per heavy atom. The van der Waals surface area contributed by atoms with Gasteiger partial charge in [-0.25, -0.2) is 0 Å². The summed E-state index contributed by atoms with van der Waals surface area (Å²) in [5, 5.41) is 1.14. The first-order valence-electron chi connectivity index (χ1n) is 6.83. The number of pyridine rings is 1. The average Bonchev–Trinajstić information content (AvgIpc) is 2.91. The molecule has 5 heteroatoms. The smallest absolute Gasteiger partial charge is 0.257 e. The van der Waals surface area contributed by atoms with Gasteiger partial charge in [0.05, 0.1) is 12.1 Å². The van der Waals surface area contributed by atoms with Gasteiger partial charge in [0.1, 0.15) is 5.82 Å². The van der Waals surface area contributed by atoms with Crippen LogP contribution >= 0.6 is 0 Å². The SMILES string of the molecule is Nc1[nH]c(=O)c2ccccc2c1C(=O)CN1CCCC1. The molecule has 0 atom stereocenters. The molecule has 1 fully saturated rings. The number of rotatable bonds is 3. The molecule has 20 heavy (non-hydrogen) atoms. The maximum Gasteiger partial charge on any atom is 0.257 e. The second-order valence-corrected chi connectivity index (χ2v) is 5.19. The zero-order valence-corrected chi connectivity index (χ0v) is 11.2. The Kier molecular flexibility index (Phi) is 3.28. The first kappa shape index (κ1) is 12.9. The molecule has 1 aromatic carbocycles. The standard InChI is InChI=1S/C15H17N3O2/c16-14-13(12(19)9-18-7-3-4-8-18)10-5-1-2-6-11(10)15(20)17-14/h1-2,5-6H,3-4,7-9H2,(H3,16,17,20). The fraction of sp³-hybridized carbons (Fsp3) is 0.333. The highest BCUT2D eigenvalue weighted by molar-refractivity contribution is 6.12. The number of anilines is 1. The number of likely N-dealkylation sites (tertiary alicyclic amines) is 1. The fourth-order valence-electron chi connectivity index (χ4n) is 2.82. The summed E-state index contributed by atoms with van der Waals surface area (Å²) in [7, 11) is 0. The van der Waals surface area contributed by atoms with Crippen molar-refractivity contribution in [3.63, 3.8) is 0 Å². The number of H-pyrrole nitrogens is 1. The fourth-order valence-corrected chi connectivity index (χ4v) is 2.82. The zero-order valence-electron chi connectivity index (χ0n) is 11.2. The monoisotopic (exact) mass is 271 g/mol. The Bertz CT molecular complexity index is 715.